The standard InChI is InChI=1S/C17H30N4O.HI/c1-5-6-7-8-11-19-17(18-4)21-13-15-9-10-16(20-12-15)22-14(2)3;/h9-10,12,14H,5-8,11,13H2,1-4H3,(H2,18,19,21);1H. The van der Waals surface area contributed by atoms with Crippen molar-refractivity contribution in [2.24, 2.45) is 4.99 Å². The summed E-state index contributed by atoms with van der Waals surface area (Å²) in [5.41, 5.74) is 1.10. The average Bonchev–Trinajstić information content (AvgIpc) is 2.51. The van der Waals surface area contributed by atoms with Gasteiger partial charge in [-0.05, 0) is 25.8 Å². The molecule has 0 aliphatic carbocycles. The van der Waals surface area contributed by atoms with Gasteiger partial charge < -0.3 is 15.4 Å². The van der Waals surface area contributed by atoms with Crippen LogP contribution in [-0.2, 0) is 6.54 Å². The number of aliphatic imine (C=N–C) groups is 1. The lowest BCUT2D eigenvalue weighted by Gasteiger charge is -2.12. The molecule has 1 aromatic rings. The molecule has 1 heterocycles. The van der Waals surface area contributed by atoms with Gasteiger partial charge in [0.1, 0.15) is 0 Å². The lowest BCUT2D eigenvalue weighted by atomic mass is 10.2. The second-order valence-corrected chi connectivity index (χ2v) is 5.58. The van der Waals surface area contributed by atoms with E-state index in [9.17, 15) is 0 Å². The molecule has 0 aliphatic heterocycles. The van der Waals surface area contributed by atoms with Crippen LogP contribution in [0.4, 0.5) is 0 Å². The maximum absolute atomic E-state index is 5.53. The molecule has 0 spiro atoms. The van der Waals surface area contributed by atoms with E-state index in [0.717, 1.165) is 18.1 Å². The highest BCUT2D eigenvalue weighted by atomic mass is 127. The molecular weight excluding hydrogens is 403 g/mol. The zero-order valence-electron chi connectivity index (χ0n) is 14.8. The van der Waals surface area contributed by atoms with Crippen molar-refractivity contribution in [3.8, 4) is 5.88 Å². The Morgan fingerprint density at radius 2 is 2.00 bits per heavy atom. The van der Waals surface area contributed by atoms with Crippen molar-refractivity contribution in [1.29, 1.82) is 0 Å². The first-order chi connectivity index (χ1) is 10.7. The number of nitrogens with zero attached hydrogens (tertiary/aromatic N) is 2. The zero-order valence-corrected chi connectivity index (χ0v) is 17.1. The summed E-state index contributed by atoms with van der Waals surface area (Å²) in [6.07, 6.45) is 6.98. The van der Waals surface area contributed by atoms with Gasteiger partial charge in [0.05, 0.1) is 6.10 Å². The molecule has 0 unspecified atom stereocenters. The fourth-order valence-corrected chi connectivity index (χ4v) is 1.99. The molecule has 0 atom stereocenters. The molecule has 1 rings (SSSR count). The Balaban J connectivity index is 0.00000484. The molecule has 23 heavy (non-hydrogen) atoms. The van der Waals surface area contributed by atoms with Crippen molar-refractivity contribution >= 4 is 29.9 Å². The predicted molar refractivity (Wildman–Crippen MR) is 108 cm³/mol. The molecule has 0 saturated carbocycles. The van der Waals surface area contributed by atoms with Gasteiger partial charge in [-0.3, -0.25) is 4.99 Å². The Bertz CT molecular complexity index is 435. The van der Waals surface area contributed by atoms with Gasteiger partial charge >= 0.3 is 0 Å². The molecule has 0 aliphatic rings. The van der Waals surface area contributed by atoms with Gasteiger partial charge in [0.15, 0.2) is 5.96 Å². The van der Waals surface area contributed by atoms with Gasteiger partial charge in [0.25, 0.3) is 0 Å². The summed E-state index contributed by atoms with van der Waals surface area (Å²) in [5, 5.41) is 6.62. The van der Waals surface area contributed by atoms with Crippen LogP contribution in [0.25, 0.3) is 0 Å². The van der Waals surface area contributed by atoms with Crippen LogP contribution >= 0.6 is 24.0 Å². The molecule has 0 bridgehead atoms. The monoisotopic (exact) mass is 434 g/mol. The number of aromatic nitrogens is 1. The number of pyridine rings is 1. The van der Waals surface area contributed by atoms with E-state index in [1.165, 1.54) is 25.7 Å². The van der Waals surface area contributed by atoms with E-state index in [1.807, 2.05) is 32.2 Å². The maximum Gasteiger partial charge on any atom is 0.213 e. The van der Waals surface area contributed by atoms with E-state index in [-0.39, 0.29) is 30.1 Å². The van der Waals surface area contributed by atoms with Crippen molar-refractivity contribution in [2.75, 3.05) is 13.6 Å². The Morgan fingerprint density at radius 3 is 2.57 bits per heavy atom. The molecule has 5 nitrogen and oxygen atoms in total. The smallest absolute Gasteiger partial charge is 0.213 e. The lowest BCUT2D eigenvalue weighted by molar-refractivity contribution is 0.232. The number of ether oxygens (including phenoxy) is 1. The molecule has 6 heteroatoms. The van der Waals surface area contributed by atoms with E-state index in [0.29, 0.717) is 12.4 Å². The SMILES string of the molecule is CCCCCCNC(=NC)NCc1ccc(OC(C)C)nc1.I. The summed E-state index contributed by atoms with van der Waals surface area (Å²) in [5.74, 6) is 1.50. The van der Waals surface area contributed by atoms with E-state index >= 15 is 0 Å². The number of hydrogen-bond acceptors (Lipinski definition) is 3. The van der Waals surface area contributed by atoms with Crippen LogP contribution in [0.2, 0.25) is 0 Å². The van der Waals surface area contributed by atoms with Gasteiger partial charge in [-0.2, -0.15) is 0 Å². The highest BCUT2D eigenvalue weighted by Crippen LogP contribution is 2.09. The van der Waals surface area contributed by atoms with Crippen LogP contribution < -0.4 is 15.4 Å². The Hall–Kier alpha value is -1.05. The van der Waals surface area contributed by atoms with Gasteiger partial charge in [-0.15, -0.1) is 24.0 Å². The molecular formula is C17H31IN4O. The Labute approximate surface area is 157 Å². The minimum absolute atomic E-state index is 0. The first kappa shape index (κ1) is 21.9. The topological polar surface area (TPSA) is 58.5 Å². The second-order valence-electron chi connectivity index (χ2n) is 5.58. The third-order valence-corrected chi connectivity index (χ3v) is 3.16. The number of hydrogen-bond donors (Lipinski definition) is 2. The molecule has 0 fully saturated rings. The quantitative estimate of drug-likeness (QED) is 0.269. The van der Waals surface area contributed by atoms with Gasteiger partial charge in [-0.25, -0.2) is 4.98 Å². The summed E-state index contributed by atoms with van der Waals surface area (Å²) in [4.78, 5) is 8.52. The normalized spacial score (nSPS) is 11.1. The molecule has 0 aromatic carbocycles. The largest absolute Gasteiger partial charge is 0.475 e. The molecule has 0 radical (unpaired) electrons. The molecule has 0 amide bonds. The van der Waals surface area contributed by atoms with E-state index in [2.05, 4.69) is 27.5 Å². The fraction of sp³-hybridized carbons (Fsp3) is 0.647. The number of halogens is 1. The minimum atomic E-state index is 0. The highest BCUT2D eigenvalue weighted by molar-refractivity contribution is 14.0. The van der Waals surface area contributed by atoms with Crippen molar-refractivity contribution in [2.45, 2.75) is 59.1 Å². The van der Waals surface area contributed by atoms with Crippen LogP contribution in [-0.4, -0.2) is 30.6 Å². The van der Waals surface area contributed by atoms with Crippen LogP contribution in [0.1, 0.15) is 52.0 Å². The van der Waals surface area contributed by atoms with E-state index < -0.39 is 0 Å². The van der Waals surface area contributed by atoms with Crippen molar-refractivity contribution in [3.05, 3.63) is 23.9 Å². The van der Waals surface area contributed by atoms with Crippen LogP contribution in [0, 0.1) is 0 Å². The van der Waals surface area contributed by atoms with Gasteiger partial charge in [0, 0.05) is 32.4 Å². The predicted octanol–water partition coefficient (Wildman–Crippen LogP) is 3.73. The second kappa shape index (κ2) is 13.4. The number of rotatable bonds is 9. The van der Waals surface area contributed by atoms with E-state index in [1.54, 1.807) is 7.05 Å². The van der Waals surface area contributed by atoms with Crippen LogP contribution in [0.3, 0.4) is 0 Å². The van der Waals surface area contributed by atoms with Crippen molar-refractivity contribution in [1.82, 2.24) is 15.6 Å². The van der Waals surface area contributed by atoms with Gasteiger partial charge in [-0.1, -0.05) is 32.3 Å². The lowest BCUT2D eigenvalue weighted by Crippen LogP contribution is -2.37. The zero-order chi connectivity index (χ0) is 16.2. The Morgan fingerprint density at radius 1 is 1.22 bits per heavy atom. The summed E-state index contributed by atoms with van der Waals surface area (Å²) in [6, 6.07) is 3.92. The van der Waals surface area contributed by atoms with E-state index in [4.69, 9.17) is 4.74 Å². The number of nitrogens with one attached hydrogen (secondary N) is 2. The molecule has 0 saturated heterocycles. The molecule has 132 valence electrons. The minimum Gasteiger partial charge on any atom is -0.475 e. The fourth-order valence-electron chi connectivity index (χ4n) is 1.99. The first-order valence-electron chi connectivity index (χ1n) is 8.21. The van der Waals surface area contributed by atoms with Gasteiger partial charge in [0.2, 0.25) is 5.88 Å². The summed E-state index contributed by atoms with van der Waals surface area (Å²) in [7, 11) is 1.79. The third kappa shape index (κ3) is 10.4. The molecule has 2 N–H and O–H groups in total. The first-order valence-corrected chi connectivity index (χ1v) is 8.21. The number of guanidine groups is 1. The Kier molecular flexibility index (Phi) is 12.8. The third-order valence-electron chi connectivity index (χ3n) is 3.16. The average molecular weight is 434 g/mol. The highest BCUT2D eigenvalue weighted by Gasteiger charge is 2.01. The maximum atomic E-state index is 5.53. The summed E-state index contributed by atoms with van der Waals surface area (Å²) < 4.78 is 5.53. The summed E-state index contributed by atoms with van der Waals surface area (Å²) >= 11 is 0. The molecule has 1 aromatic heterocycles. The van der Waals surface area contributed by atoms with Crippen molar-refractivity contribution in [3.63, 3.8) is 0 Å². The summed E-state index contributed by atoms with van der Waals surface area (Å²) in [6.45, 7) is 7.86. The number of unbranched alkanes of at least 4 members (excludes halogenated alkanes) is 3. The van der Waals surface area contributed by atoms with Crippen LogP contribution in [0.15, 0.2) is 23.3 Å². The van der Waals surface area contributed by atoms with Crippen LogP contribution in [0.5, 0.6) is 5.88 Å². The van der Waals surface area contributed by atoms with Crippen molar-refractivity contribution < 1.29 is 4.74 Å².